The lowest BCUT2D eigenvalue weighted by Gasteiger charge is -2.16. The van der Waals surface area contributed by atoms with Gasteiger partial charge in [0.25, 0.3) is 0 Å². The number of alkyl halides is 1. The van der Waals surface area contributed by atoms with Gasteiger partial charge < -0.3 is 4.90 Å². The zero-order valence-corrected chi connectivity index (χ0v) is 10.7. The summed E-state index contributed by atoms with van der Waals surface area (Å²) in [4.78, 5) is 13.6. The Kier molecular flexibility index (Phi) is 4.93. The zero-order chi connectivity index (χ0) is 10.6. The van der Waals surface area contributed by atoms with Crippen molar-refractivity contribution in [1.82, 2.24) is 4.90 Å². The van der Waals surface area contributed by atoms with Gasteiger partial charge in [0.1, 0.15) is 0 Å². The van der Waals surface area contributed by atoms with E-state index in [9.17, 15) is 4.79 Å². The Morgan fingerprint density at radius 2 is 2.07 bits per heavy atom. The van der Waals surface area contributed by atoms with Gasteiger partial charge in [-0.3, -0.25) is 4.79 Å². The summed E-state index contributed by atoms with van der Waals surface area (Å²) in [7, 11) is 1.93. The van der Waals surface area contributed by atoms with E-state index in [1.54, 1.807) is 0 Å². The van der Waals surface area contributed by atoms with E-state index >= 15 is 0 Å². The molecule has 1 fully saturated rings. The third-order valence-corrected chi connectivity index (χ3v) is 3.49. The Morgan fingerprint density at radius 1 is 1.43 bits per heavy atom. The summed E-state index contributed by atoms with van der Waals surface area (Å²) in [5, 5.41) is 1.07. The van der Waals surface area contributed by atoms with Gasteiger partial charge in [0.05, 0.1) is 0 Å². The van der Waals surface area contributed by atoms with Crippen LogP contribution in [0.4, 0.5) is 0 Å². The van der Waals surface area contributed by atoms with E-state index in [1.807, 2.05) is 11.9 Å². The third-order valence-electron chi connectivity index (χ3n) is 2.93. The second-order valence-corrected chi connectivity index (χ2v) is 5.12. The number of nitrogens with zero attached hydrogens (tertiary/aromatic N) is 1. The van der Waals surface area contributed by atoms with E-state index < -0.39 is 0 Å². The normalized spacial score (nSPS) is 24.8. The topological polar surface area (TPSA) is 20.3 Å². The molecule has 0 heterocycles. The molecule has 1 amide bonds. The highest BCUT2D eigenvalue weighted by atomic mass is 79.9. The summed E-state index contributed by atoms with van der Waals surface area (Å²) in [6.45, 7) is 3.08. The van der Waals surface area contributed by atoms with Crippen molar-refractivity contribution in [2.45, 2.75) is 32.6 Å². The van der Waals surface area contributed by atoms with Gasteiger partial charge in [0, 0.05) is 24.8 Å². The van der Waals surface area contributed by atoms with Crippen LogP contribution in [0.15, 0.2) is 0 Å². The average molecular weight is 262 g/mol. The van der Waals surface area contributed by atoms with Crippen LogP contribution in [0.5, 0.6) is 0 Å². The minimum Gasteiger partial charge on any atom is -0.346 e. The van der Waals surface area contributed by atoms with Crippen molar-refractivity contribution in [1.29, 1.82) is 0 Å². The van der Waals surface area contributed by atoms with Crippen molar-refractivity contribution < 1.29 is 4.79 Å². The first kappa shape index (κ1) is 12.0. The van der Waals surface area contributed by atoms with Crippen LogP contribution in [0.25, 0.3) is 0 Å². The van der Waals surface area contributed by atoms with Gasteiger partial charge in [-0.05, 0) is 25.2 Å². The highest BCUT2D eigenvalue weighted by Crippen LogP contribution is 2.38. The number of hydrogen-bond acceptors (Lipinski definition) is 1. The summed E-state index contributed by atoms with van der Waals surface area (Å²) >= 11 is 3.41. The molecule has 14 heavy (non-hydrogen) atoms. The molecule has 0 radical (unpaired) electrons. The van der Waals surface area contributed by atoms with Crippen LogP contribution in [-0.2, 0) is 4.79 Å². The van der Waals surface area contributed by atoms with E-state index in [0.29, 0.717) is 17.7 Å². The van der Waals surface area contributed by atoms with Crippen LogP contribution in [-0.4, -0.2) is 29.7 Å². The van der Waals surface area contributed by atoms with Gasteiger partial charge in [-0.1, -0.05) is 29.3 Å². The molecule has 1 aliphatic carbocycles. The van der Waals surface area contributed by atoms with Crippen molar-refractivity contribution >= 4 is 21.8 Å². The van der Waals surface area contributed by atoms with Crippen molar-refractivity contribution in [2.75, 3.05) is 18.9 Å². The van der Waals surface area contributed by atoms with Crippen LogP contribution in [0.1, 0.15) is 32.6 Å². The minimum absolute atomic E-state index is 0.344. The summed E-state index contributed by atoms with van der Waals surface area (Å²) in [6.07, 6.45) is 4.66. The van der Waals surface area contributed by atoms with Gasteiger partial charge in [-0.2, -0.15) is 0 Å². The minimum atomic E-state index is 0.344. The lowest BCUT2D eigenvalue weighted by atomic mass is 10.2. The lowest BCUT2D eigenvalue weighted by molar-refractivity contribution is -0.131. The molecule has 0 aromatic rings. The van der Waals surface area contributed by atoms with E-state index in [4.69, 9.17) is 0 Å². The molecule has 2 unspecified atom stereocenters. The summed E-state index contributed by atoms with van der Waals surface area (Å²) in [5.41, 5.74) is 0. The van der Waals surface area contributed by atoms with E-state index in [1.165, 1.54) is 12.8 Å². The number of amides is 1. The SMILES string of the molecule is CC1CC1C(=O)N(C)CCCCCBr. The van der Waals surface area contributed by atoms with Crippen molar-refractivity contribution in [3.8, 4) is 0 Å². The molecule has 2 nitrogen and oxygen atoms in total. The molecule has 0 aromatic carbocycles. The standard InChI is InChI=1S/C11H20BrNO/c1-9-8-10(9)11(14)13(2)7-5-3-4-6-12/h9-10H,3-8H2,1-2H3. The molecule has 1 saturated carbocycles. The Hall–Kier alpha value is -0.0500. The van der Waals surface area contributed by atoms with Crippen molar-refractivity contribution in [3.63, 3.8) is 0 Å². The molecule has 1 aliphatic rings. The molecule has 82 valence electrons. The number of rotatable bonds is 6. The molecule has 3 heteroatoms. The fourth-order valence-electron chi connectivity index (χ4n) is 1.68. The van der Waals surface area contributed by atoms with Gasteiger partial charge in [0.15, 0.2) is 0 Å². The number of halogens is 1. The van der Waals surface area contributed by atoms with Crippen LogP contribution < -0.4 is 0 Å². The number of unbranched alkanes of at least 4 members (excludes halogenated alkanes) is 2. The van der Waals surface area contributed by atoms with Crippen molar-refractivity contribution in [3.05, 3.63) is 0 Å². The Morgan fingerprint density at radius 3 is 2.57 bits per heavy atom. The molecule has 0 aliphatic heterocycles. The Balaban J connectivity index is 2.08. The maximum atomic E-state index is 11.7. The molecular formula is C11H20BrNO. The first-order valence-corrected chi connectivity index (χ1v) is 6.60. The lowest BCUT2D eigenvalue weighted by Crippen LogP contribution is -2.29. The monoisotopic (exact) mass is 261 g/mol. The van der Waals surface area contributed by atoms with E-state index in [2.05, 4.69) is 22.9 Å². The molecule has 0 N–H and O–H groups in total. The average Bonchev–Trinajstić information content (AvgIpc) is 2.88. The van der Waals surface area contributed by atoms with E-state index in [0.717, 1.165) is 24.7 Å². The van der Waals surface area contributed by atoms with Crippen LogP contribution >= 0.6 is 15.9 Å². The summed E-state index contributed by atoms with van der Waals surface area (Å²) < 4.78 is 0. The van der Waals surface area contributed by atoms with Crippen LogP contribution in [0.2, 0.25) is 0 Å². The maximum Gasteiger partial charge on any atom is 0.225 e. The molecule has 0 spiro atoms. The van der Waals surface area contributed by atoms with Crippen LogP contribution in [0, 0.1) is 11.8 Å². The first-order valence-electron chi connectivity index (χ1n) is 5.47. The second-order valence-electron chi connectivity index (χ2n) is 4.33. The van der Waals surface area contributed by atoms with Gasteiger partial charge in [-0.25, -0.2) is 0 Å². The predicted octanol–water partition coefficient (Wildman–Crippen LogP) is 2.67. The van der Waals surface area contributed by atoms with Crippen LogP contribution in [0.3, 0.4) is 0 Å². The van der Waals surface area contributed by atoms with Gasteiger partial charge in [-0.15, -0.1) is 0 Å². The second kappa shape index (κ2) is 5.74. The zero-order valence-electron chi connectivity index (χ0n) is 9.13. The smallest absolute Gasteiger partial charge is 0.225 e. The first-order chi connectivity index (χ1) is 6.66. The highest BCUT2D eigenvalue weighted by Gasteiger charge is 2.40. The highest BCUT2D eigenvalue weighted by molar-refractivity contribution is 9.09. The summed E-state index contributed by atoms with van der Waals surface area (Å²) in [5.74, 6) is 1.33. The number of carbonyl (C=O) groups is 1. The molecule has 0 saturated heterocycles. The van der Waals surface area contributed by atoms with Crippen molar-refractivity contribution in [2.24, 2.45) is 11.8 Å². The number of hydrogen-bond donors (Lipinski definition) is 0. The Bertz CT molecular complexity index is 196. The fraction of sp³-hybridized carbons (Fsp3) is 0.909. The third kappa shape index (κ3) is 3.60. The van der Waals surface area contributed by atoms with Gasteiger partial charge >= 0.3 is 0 Å². The molecule has 2 atom stereocenters. The summed E-state index contributed by atoms with van der Waals surface area (Å²) in [6, 6.07) is 0. The molecular weight excluding hydrogens is 242 g/mol. The number of carbonyl (C=O) groups excluding carboxylic acids is 1. The van der Waals surface area contributed by atoms with Gasteiger partial charge in [0.2, 0.25) is 5.91 Å². The fourth-order valence-corrected chi connectivity index (χ4v) is 2.08. The Labute approximate surface area is 95.2 Å². The molecule has 0 bridgehead atoms. The predicted molar refractivity (Wildman–Crippen MR) is 62.6 cm³/mol. The largest absolute Gasteiger partial charge is 0.346 e. The van der Waals surface area contributed by atoms with E-state index in [-0.39, 0.29) is 0 Å². The molecule has 1 rings (SSSR count). The molecule has 0 aromatic heterocycles. The quantitative estimate of drug-likeness (QED) is 0.532. The maximum absolute atomic E-state index is 11.7.